The maximum Gasteiger partial charge on any atom is 0.346 e. The van der Waals surface area contributed by atoms with Crippen LogP contribution in [0.5, 0.6) is 0 Å². The van der Waals surface area contributed by atoms with Crippen LogP contribution in [0.2, 0.25) is 0 Å². The largest absolute Gasteiger partial charge is 0.346 e. The lowest BCUT2D eigenvalue weighted by Gasteiger charge is -2.09. The molecule has 0 spiro atoms. The summed E-state index contributed by atoms with van der Waals surface area (Å²) in [6.45, 7) is 5.02. The summed E-state index contributed by atoms with van der Waals surface area (Å²) in [5.41, 5.74) is 4.02. The van der Waals surface area contributed by atoms with Crippen molar-refractivity contribution in [2.45, 2.75) is 33.4 Å². The summed E-state index contributed by atoms with van der Waals surface area (Å²) in [4.78, 5) is 12.5. The molecule has 0 aliphatic carbocycles. The smallest absolute Gasteiger partial charge is 0.274 e. The molecule has 0 bridgehead atoms. The zero-order valence-corrected chi connectivity index (χ0v) is 15.8. The van der Waals surface area contributed by atoms with Crippen LogP contribution in [0.4, 0.5) is 0 Å². The standard InChI is InChI=1S/C20H21N7O/c1-3-18-23-27(4-2)20(28)26(18)13-14-9-11-15(12-10-14)16-7-5-6-8-17(16)19-21-24-25-22-19/h5-12H,3-4,13H2,1-2H3,(H,21,22,24,25). The fourth-order valence-electron chi connectivity index (χ4n) is 3.30. The molecule has 2 aromatic heterocycles. The molecule has 0 fully saturated rings. The minimum Gasteiger partial charge on any atom is -0.274 e. The van der Waals surface area contributed by atoms with Crippen molar-refractivity contribution in [3.63, 3.8) is 0 Å². The lowest BCUT2D eigenvalue weighted by Crippen LogP contribution is -2.25. The lowest BCUT2D eigenvalue weighted by atomic mass is 9.98. The molecule has 0 saturated heterocycles. The topological polar surface area (TPSA) is 94.3 Å². The second-order valence-corrected chi connectivity index (χ2v) is 6.45. The Labute approximate surface area is 161 Å². The van der Waals surface area contributed by atoms with Crippen molar-refractivity contribution in [2.24, 2.45) is 0 Å². The molecule has 142 valence electrons. The van der Waals surface area contributed by atoms with Gasteiger partial charge in [0.05, 0.1) is 6.54 Å². The number of tetrazole rings is 1. The third kappa shape index (κ3) is 3.24. The van der Waals surface area contributed by atoms with E-state index in [-0.39, 0.29) is 5.69 Å². The first-order valence-electron chi connectivity index (χ1n) is 9.30. The molecule has 28 heavy (non-hydrogen) atoms. The molecule has 4 aromatic rings. The van der Waals surface area contributed by atoms with Gasteiger partial charge < -0.3 is 0 Å². The number of aromatic nitrogens is 7. The summed E-state index contributed by atoms with van der Waals surface area (Å²) in [6, 6.07) is 16.2. The molecule has 0 atom stereocenters. The number of hydrogen-bond acceptors (Lipinski definition) is 5. The lowest BCUT2D eigenvalue weighted by molar-refractivity contribution is 0.615. The minimum absolute atomic E-state index is 0.0633. The minimum atomic E-state index is -0.0633. The van der Waals surface area contributed by atoms with Gasteiger partial charge in [-0.25, -0.2) is 14.6 Å². The van der Waals surface area contributed by atoms with E-state index in [1.54, 1.807) is 4.57 Å². The molecule has 2 aromatic carbocycles. The summed E-state index contributed by atoms with van der Waals surface area (Å²) in [6.07, 6.45) is 0.721. The summed E-state index contributed by atoms with van der Waals surface area (Å²) >= 11 is 0. The van der Waals surface area contributed by atoms with Crippen LogP contribution in [-0.4, -0.2) is 35.0 Å². The summed E-state index contributed by atoms with van der Waals surface area (Å²) in [7, 11) is 0. The summed E-state index contributed by atoms with van der Waals surface area (Å²) in [5, 5.41) is 18.6. The molecule has 8 heteroatoms. The number of aryl methyl sites for hydroxylation is 2. The number of nitrogens with zero attached hydrogens (tertiary/aromatic N) is 6. The highest BCUT2D eigenvalue weighted by Gasteiger charge is 2.13. The normalized spacial score (nSPS) is 11.1. The molecule has 0 aliphatic heterocycles. The van der Waals surface area contributed by atoms with Gasteiger partial charge in [0, 0.05) is 18.5 Å². The van der Waals surface area contributed by atoms with Crippen LogP contribution < -0.4 is 5.69 Å². The molecule has 0 aliphatic rings. The van der Waals surface area contributed by atoms with E-state index < -0.39 is 0 Å². The second kappa shape index (κ2) is 7.59. The summed E-state index contributed by atoms with van der Waals surface area (Å²) < 4.78 is 3.25. The van der Waals surface area contributed by atoms with Gasteiger partial charge >= 0.3 is 5.69 Å². The molecule has 2 heterocycles. The third-order valence-electron chi connectivity index (χ3n) is 4.75. The second-order valence-electron chi connectivity index (χ2n) is 6.45. The van der Waals surface area contributed by atoms with Gasteiger partial charge in [-0.3, -0.25) is 4.57 Å². The number of aromatic amines is 1. The molecule has 0 radical (unpaired) electrons. The molecule has 0 amide bonds. The highest BCUT2D eigenvalue weighted by Crippen LogP contribution is 2.29. The average Bonchev–Trinajstić information content (AvgIpc) is 3.37. The fourth-order valence-corrected chi connectivity index (χ4v) is 3.30. The van der Waals surface area contributed by atoms with Gasteiger partial charge in [-0.15, -0.1) is 5.10 Å². The van der Waals surface area contributed by atoms with Gasteiger partial charge in [0.15, 0.2) is 5.82 Å². The van der Waals surface area contributed by atoms with E-state index in [1.807, 2.05) is 50.2 Å². The maximum atomic E-state index is 12.5. The first-order chi connectivity index (χ1) is 13.7. The van der Waals surface area contributed by atoms with Crippen LogP contribution >= 0.6 is 0 Å². The Balaban J connectivity index is 1.65. The Kier molecular flexibility index (Phi) is 4.84. The Bertz CT molecular complexity index is 1120. The van der Waals surface area contributed by atoms with Crippen LogP contribution in [0.25, 0.3) is 22.5 Å². The Morgan fingerprint density at radius 1 is 1.00 bits per heavy atom. The number of H-pyrrole nitrogens is 1. The van der Waals surface area contributed by atoms with Crippen molar-refractivity contribution in [3.05, 3.63) is 70.4 Å². The highest BCUT2D eigenvalue weighted by molar-refractivity contribution is 5.80. The highest BCUT2D eigenvalue weighted by atomic mass is 16.2. The predicted octanol–water partition coefficient (Wildman–Crippen LogP) is 2.52. The van der Waals surface area contributed by atoms with E-state index in [0.717, 1.165) is 34.5 Å². The van der Waals surface area contributed by atoms with Gasteiger partial charge in [0.2, 0.25) is 0 Å². The van der Waals surface area contributed by atoms with Crippen molar-refractivity contribution >= 4 is 0 Å². The Morgan fingerprint density at radius 2 is 1.75 bits per heavy atom. The van der Waals surface area contributed by atoms with Crippen LogP contribution in [0.3, 0.4) is 0 Å². The van der Waals surface area contributed by atoms with Crippen LogP contribution in [-0.2, 0) is 19.5 Å². The van der Waals surface area contributed by atoms with Crippen molar-refractivity contribution in [1.82, 2.24) is 35.0 Å². The molecule has 0 saturated carbocycles. The molecule has 4 rings (SSSR count). The molecule has 0 unspecified atom stereocenters. The number of nitrogens with one attached hydrogen (secondary N) is 1. The SMILES string of the molecule is CCc1nn(CC)c(=O)n1Cc1ccc(-c2ccccc2-c2nnn[nH]2)cc1. The van der Waals surface area contributed by atoms with E-state index in [0.29, 0.717) is 18.9 Å². The quantitative estimate of drug-likeness (QED) is 0.559. The molecular weight excluding hydrogens is 354 g/mol. The number of benzene rings is 2. The van der Waals surface area contributed by atoms with Gasteiger partial charge in [0.1, 0.15) is 5.82 Å². The molecule has 8 nitrogen and oxygen atoms in total. The van der Waals surface area contributed by atoms with Crippen LogP contribution in [0.1, 0.15) is 25.2 Å². The van der Waals surface area contributed by atoms with Gasteiger partial charge in [-0.05, 0) is 34.0 Å². The number of rotatable bonds is 6. The molecular formula is C20H21N7O. The van der Waals surface area contributed by atoms with Crippen molar-refractivity contribution in [3.8, 4) is 22.5 Å². The van der Waals surface area contributed by atoms with E-state index in [4.69, 9.17) is 0 Å². The van der Waals surface area contributed by atoms with Crippen molar-refractivity contribution in [1.29, 1.82) is 0 Å². The van der Waals surface area contributed by atoms with Gasteiger partial charge in [-0.1, -0.05) is 55.5 Å². The monoisotopic (exact) mass is 375 g/mol. The average molecular weight is 375 g/mol. The van der Waals surface area contributed by atoms with E-state index in [9.17, 15) is 4.79 Å². The van der Waals surface area contributed by atoms with Crippen LogP contribution in [0, 0.1) is 0 Å². The zero-order chi connectivity index (χ0) is 19.5. The first-order valence-corrected chi connectivity index (χ1v) is 9.30. The first kappa shape index (κ1) is 17.8. The van der Waals surface area contributed by atoms with Gasteiger partial charge in [0.25, 0.3) is 0 Å². The Morgan fingerprint density at radius 3 is 2.39 bits per heavy atom. The fraction of sp³-hybridized carbons (Fsp3) is 0.250. The Hall–Kier alpha value is -3.55. The maximum absolute atomic E-state index is 12.5. The van der Waals surface area contributed by atoms with Crippen LogP contribution in [0.15, 0.2) is 53.3 Å². The third-order valence-corrected chi connectivity index (χ3v) is 4.75. The number of hydrogen-bond donors (Lipinski definition) is 1. The molecule has 1 N–H and O–H groups in total. The van der Waals surface area contributed by atoms with E-state index >= 15 is 0 Å². The zero-order valence-electron chi connectivity index (χ0n) is 15.8. The summed E-state index contributed by atoms with van der Waals surface area (Å²) in [5.74, 6) is 1.44. The van der Waals surface area contributed by atoms with E-state index in [1.165, 1.54) is 4.68 Å². The van der Waals surface area contributed by atoms with E-state index in [2.05, 4.69) is 37.9 Å². The predicted molar refractivity (Wildman–Crippen MR) is 106 cm³/mol. The van der Waals surface area contributed by atoms with Crippen molar-refractivity contribution in [2.75, 3.05) is 0 Å². The van der Waals surface area contributed by atoms with Crippen molar-refractivity contribution < 1.29 is 0 Å². The van der Waals surface area contributed by atoms with Gasteiger partial charge in [-0.2, -0.15) is 5.10 Å².